The topological polar surface area (TPSA) is 41.6 Å². The van der Waals surface area contributed by atoms with Crippen molar-refractivity contribution in [3.63, 3.8) is 0 Å². The maximum atomic E-state index is 12.6. The molecule has 1 heterocycles. The highest BCUT2D eigenvalue weighted by atomic mass is 35.5. The number of nitrogens with zero attached hydrogens (tertiary/aromatic N) is 1. The van der Waals surface area contributed by atoms with E-state index in [1.54, 1.807) is 23.1 Å². The largest absolute Gasteiger partial charge is 0.490 e. The number of halogens is 1. The van der Waals surface area contributed by atoms with Gasteiger partial charge in [0.25, 0.3) is 0 Å². The van der Waals surface area contributed by atoms with Gasteiger partial charge in [-0.1, -0.05) is 17.7 Å². The summed E-state index contributed by atoms with van der Waals surface area (Å²) in [5.74, 6) is 0.672. The lowest BCUT2D eigenvalue weighted by molar-refractivity contribution is 0.250. The van der Waals surface area contributed by atoms with Gasteiger partial charge in [0.05, 0.1) is 12.2 Å². The van der Waals surface area contributed by atoms with Gasteiger partial charge in [-0.15, -0.1) is 0 Å². The number of amides is 2. The Labute approximate surface area is 134 Å². The molecule has 22 heavy (non-hydrogen) atoms. The SMILES string of the molecule is Cc1cc(C)cc(NC(=O)N2CCOc3ccc(Cl)cc32)c1. The molecule has 1 aliphatic rings. The van der Waals surface area contributed by atoms with Gasteiger partial charge in [-0.05, 0) is 55.3 Å². The van der Waals surface area contributed by atoms with Crippen molar-refractivity contribution in [3.05, 3.63) is 52.5 Å². The second-order valence-corrected chi connectivity index (χ2v) is 5.86. The number of rotatable bonds is 1. The molecule has 0 aliphatic carbocycles. The van der Waals surface area contributed by atoms with Crippen molar-refractivity contribution in [2.24, 2.45) is 0 Å². The number of carbonyl (C=O) groups excluding carboxylic acids is 1. The molecule has 0 spiro atoms. The molecule has 0 saturated carbocycles. The van der Waals surface area contributed by atoms with E-state index in [2.05, 4.69) is 11.4 Å². The van der Waals surface area contributed by atoms with Crippen LogP contribution in [0.2, 0.25) is 5.02 Å². The zero-order valence-corrected chi connectivity index (χ0v) is 13.3. The third-order valence-electron chi connectivity index (χ3n) is 3.50. The van der Waals surface area contributed by atoms with Gasteiger partial charge in [0.2, 0.25) is 0 Å². The van der Waals surface area contributed by atoms with Gasteiger partial charge in [0, 0.05) is 10.7 Å². The van der Waals surface area contributed by atoms with Crippen molar-refractivity contribution in [2.75, 3.05) is 23.4 Å². The number of fused-ring (bicyclic) bond motifs is 1. The van der Waals surface area contributed by atoms with E-state index in [1.165, 1.54) is 0 Å². The van der Waals surface area contributed by atoms with E-state index in [0.717, 1.165) is 16.8 Å². The van der Waals surface area contributed by atoms with Crippen molar-refractivity contribution in [3.8, 4) is 5.75 Å². The Hall–Kier alpha value is -2.20. The first kappa shape index (κ1) is 14.7. The number of benzene rings is 2. The molecule has 2 aromatic rings. The van der Waals surface area contributed by atoms with Crippen LogP contribution in [0.1, 0.15) is 11.1 Å². The van der Waals surface area contributed by atoms with Gasteiger partial charge in [0.15, 0.2) is 0 Å². The van der Waals surface area contributed by atoms with Crippen molar-refractivity contribution in [1.82, 2.24) is 0 Å². The minimum Gasteiger partial charge on any atom is -0.490 e. The molecule has 5 heteroatoms. The Balaban J connectivity index is 1.86. The number of anilines is 2. The first-order valence-electron chi connectivity index (χ1n) is 7.12. The molecule has 0 bridgehead atoms. The molecule has 2 aromatic carbocycles. The maximum Gasteiger partial charge on any atom is 0.326 e. The quantitative estimate of drug-likeness (QED) is 0.848. The highest BCUT2D eigenvalue weighted by Crippen LogP contribution is 2.34. The lowest BCUT2D eigenvalue weighted by Gasteiger charge is -2.29. The van der Waals surface area contributed by atoms with E-state index in [1.807, 2.05) is 26.0 Å². The average molecular weight is 317 g/mol. The van der Waals surface area contributed by atoms with E-state index in [4.69, 9.17) is 16.3 Å². The van der Waals surface area contributed by atoms with Crippen molar-refractivity contribution >= 4 is 29.0 Å². The van der Waals surface area contributed by atoms with Crippen molar-refractivity contribution in [2.45, 2.75) is 13.8 Å². The minimum atomic E-state index is -0.184. The van der Waals surface area contributed by atoms with E-state index >= 15 is 0 Å². The summed E-state index contributed by atoms with van der Waals surface area (Å²) in [6.07, 6.45) is 0. The molecule has 3 rings (SSSR count). The number of carbonyl (C=O) groups is 1. The summed E-state index contributed by atoms with van der Waals surface area (Å²) in [4.78, 5) is 14.2. The van der Waals surface area contributed by atoms with E-state index < -0.39 is 0 Å². The van der Waals surface area contributed by atoms with Crippen LogP contribution in [0.4, 0.5) is 16.2 Å². The second kappa shape index (κ2) is 5.89. The molecule has 114 valence electrons. The predicted octanol–water partition coefficient (Wildman–Crippen LogP) is 4.39. The van der Waals surface area contributed by atoms with E-state index in [9.17, 15) is 4.79 Å². The number of ether oxygens (including phenoxy) is 1. The van der Waals surface area contributed by atoms with Gasteiger partial charge >= 0.3 is 6.03 Å². The summed E-state index contributed by atoms with van der Waals surface area (Å²) in [5, 5.41) is 3.52. The normalized spacial score (nSPS) is 13.3. The smallest absolute Gasteiger partial charge is 0.326 e. The summed E-state index contributed by atoms with van der Waals surface area (Å²) in [7, 11) is 0. The van der Waals surface area contributed by atoms with Crippen molar-refractivity contribution in [1.29, 1.82) is 0 Å². The Kier molecular flexibility index (Phi) is 3.94. The van der Waals surface area contributed by atoms with Gasteiger partial charge in [-0.3, -0.25) is 4.90 Å². The van der Waals surface area contributed by atoms with Gasteiger partial charge in [-0.2, -0.15) is 0 Å². The zero-order valence-electron chi connectivity index (χ0n) is 12.5. The molecular weight excluding hydrogens is 300 g/mol. The monoisotopic (exact) mass is 316 g/mol. The van der Waals surface area contributed by atoms with Crippen LogP contribution in [-0.2, 0) is 0 Å². The molecular formula is C17H17ClN2O2. The third-order valence-corrected chi connectivity index (χ3v) is 3.74. The average Bonchev–Trinajstić information content (AvgIpc) is 2.45. The number of hydrogen-bond acceptors (Lipinski definition) is 2. The molecule has 2 amide bonds. The van der Waals surface area contributed by atoms with Crippen LogP contribution in [0, 0.1) is 13.8 Å². The number of urea groups is 1. The van der Waals surface area contributed by atoms with Gasteiger partial charge in [-0.25, -0.2) is 4.79 Å². The summed E-state index contributed by atoms with van der Waals surface area (Å²) < 4.78 is 5.57. The lowest BCUT2D eigenvalue weighted by atomic mass is 10.1. The van der Waals surface area contributed by atoms with Crippen LogP contribution in [-0.4, -0.2) is 19.2 Å². The maximum absolute atomic E-state index is 12.6. The van der Waals surface area contributed by atoms with Gasteiger partial charge < -0.3 is 10.1 Å². The zero-order chi connectivity index (χ0) is 15.7. The van der Waals surface area contributed by atoms with Crippen LogP contribution in [0.5, 0.6) is 5.75 Å². The summed E-state index contributed by atoms with van der Waals surface area (Å²) >= 11 is 6.03. The molecule has 0 fully saturated rings. The second-order valence-electron chi connectivity index (χ2n) is 5.42. The van der Waals surface area contributed by atoms with E-state index in [0.29, 0.717) is 29.6 Å². The Bertz CT molecular complexity index is 710. The molecule has 0 radical (unpaired) electrons. The number of nitrogens with one attached hydrogen (secondary N) is 1. The summed E-state index contributed by atoms with van der Waals surface area (Å²) in [5.41, 5.74) is 3.71. The van der Waals surface area contributed by atoms with Gasteiger partial charge in [0.1, 0.15) is 12.4 Å². The highest BCUT2D eigenvalue weighted by molar-refractivity contribution is 6.31. The summed E-state index contributed by atoms with van der Waals surface area (Å²) in [6, 6.07) is 11.1. The predicted molar refractivity (Wildman–Crippen MR) is 89.2 cm³/mol. The van der Waals surface area contributed by atoms with E-state index in [-0.39, 0.29) is 6.03 Å². The Morgan fingerprint density at radius 3 is 2.64 bits per heavy atom. The first-order valence-corrected chi connectivity index (χ1v) is 7.50. The molecule has 0 aromatic heterocycles. The molecule has 0 unspecified atom stereocenters. The van der Waals surface area contributed by atoms with Crippen LogP contribution in [0.25, 0.3) is 0 Å². The third kappa shape index (κ3) is 3.02. The Morgan fingerprint density at radius 1 is 1.18 bits per heavy atom. The van der Waals surface area contributed by atoms with Crippen LogP contribution in [0.15, 0.2) is 36.4 Å². The fourth-order valence-corrected chi connectivity index (χ4v) is 2.81. The fraction of sp³-hybridized carbons (Fsp3) is 0.235. The molecule has 1 aliphatic heterocycles. The first-order chi connectivity index (χ1) is 10.5. The minimum absolute atomic E-state index is 0.184. The number of hydrogen-bond donors (Lipinski definition) is 1. The fourth-order valence-electron chi connectivity index (χ4n) is 2.64. The molecule has 1 N–H and O–H groups in total. The van der Waals surface area contributed by atoms with Crippen LogP contribution < -0.4 is 15.0 Å². The highest BCUT2D eigenvalue weighted by Gasteiger charge is 2.24. The van der Waals surface area contributed by atoms with Crippen LogP contribution in [0.3, 0.4) is 0 Å². The molecule has 0 atom stereocenters. The standard InChI is InChI=1S/C17H17ClN2O2/c1-11-7-12(2)9-14(8-11)19-17(21)20-5-6-22-16-4-3-13(18)10-15(16)20/h3-4,7-10H,5-6H2,1-2H3,(H,19,21). The van der Waals surface area contributed by atoms with Crippen LogP contribution >= 0.6 is 11.6 Å². The Morgan fingerprint density at radius 2 is 1.91 bits per heavy atom. The molecule has 0 saturated heterocycles. The lowest BCUT2D eigenvalue weighted by Crippen LogP contribution is -2.40. The number of aryl methyl sites for hydroxylation is 2. The summed E-state index contributed by atoms with van der Waals surface area (Å²) in [6.45, 7) is 4.97. The van der Waals surface area contributed by atoms with Crippen molar-refractivity contribution < 1.29 is 9.53 Å². The molecule has 4 nitrogen and oxygen atoms in total.